The van der Waals surface area contributed by atoms with Crippen molar-refractivity contribution in [2.75, 3.05) is 23.4 Å². The monoisotopic (exact) mass is 415 g/mol. The molecule has 28 heavy (non-hydrogen) atoms. The Balaban J connectivity index is 1.92. The lowest BCUT2D eigenvalue weighted by Gasteiger charge is -2.25. The van der Waals surface area contributed by atoms with E-state index >= 15 is 0 Å². The van der Waals surface area contributed by atoms with E-state index < -0.39 is 10.0 Å². The highest BCUT2D eigenvalue weighted by molar-refractivity contribution is 7.93. The van der Waals surface area contributed by atoms with Crippen LogP contribution in [0, 0.1) is 0 Å². The van der Waals surface area contributed by atoms with Gasteiger partial charge in [-0.2, -0.15) is 0 Å². The van der Waals surface area contributed by atoms with Gasteiger partial charge >= 0.3 is 0 Å². The highest BCUT2D eigenvalue weighted by atomic mass is 35.5. The van der Waals surface area contributed by atoms with E-state index in [4.69, 9.17) is 16.3 Å². The lowest BCUT2D eigenvalue weighted by Crippen LogP contribution is -2.25. The second-order valence-corrected chi connectivity index (χ2v) is 8.74. The van der Waals surface area contributed by atoms with Crippen LogP contribution in [0.3, 0.4) is 0 Å². The molecular weight excluding hydrogens is 398 g/mol. The number of benzene rings is 2. The van der Waals surface area contributed by atoms with Gasteiger partial charge in [0.2, 0.25) is 0 Å². The number of hydrogen-bond acceptors (Lipinski definition) is 5. The van der Waals surface area contributed by atoms with E-state index in [0.717, 1.165) is 11.3 Å². The minimum atomic E-state index is -3.77. The van der Waals surface area contributed by atoms with Crippen LogP contribution >= 0.6 is 11.6 Å². The molecule has 1 aliphatic heterocycles. The van der Waals surface area contributed by atoms with Gasteiger partial charge in [-0.1, -0.05) is 23.7 Å². The fourth-order valence-corrected chi connectivity index (χ4v) is 4.74. The standard InChI is InChI=1S/C20H18ClN3O3S/c1-23-18-12-15(21)7-10-17(18)24(13-14-5-8-16(27-2)9-6-14)20-19(28(23,25)26)4-3-11-22-20/h3-12H,13H2,1-2H3. The molecule has 0 N–H and O–H groups in total. The Morgan fingerprint density at radius 1 is 1.07 bits per heavy atom. The number of halogens is 1. The van der Waals surface area contributed by atoms with Crippen molar-refractivity contribution in [3.05, 3.63) is 71.4 Å². The minimum absolute atomic E-state index is 0.151. The number of rotatable bonds is 3. The maximum Gasteiger partial charge on any atom is 0.267 e. The number of anilines is 3. The maximum absolute atomic E-state index is 13.2. The van der Waals surface area contributed by atoms with Crippen molar-refractivity contribution in [1.82, 2.24) is 4.98 Å². The molecular formula is C20H18ClN3O3S. The summed E-state index contributed by atoms with van der Waals surface area (Å²) in [6.45, 7) is 0.437. The molecule has 144 valence electrons. The number of ether oxygens (including phenoxy) is 1. The number of methoxy groups -OCH3 is 1. The van der Waals surface area contributed by atoms with Crippen LogP contribution in [0.25, 0.3) is 0 Å². The predicted octanol–water partition coefficient (Wildman–Crippen LogP) is 4.22. The number of nitrogens with zero attached hydrogens (tertiary/aromatic N) is 3. The van der Waals surface area contributed by atoms with E-state index in [9.17, 15) is 8.42 Å². The van der Waals surface area contributed by atoms with Crippen LogP contribution in [0.2, 0.25) is 5.02 Å². The molecule has 0 saturated heterocycles. The number of pyridine rings is 1. The molecule has 0 unspecified atom stereocenters. The molecule has 2 heterocycles. The van der Waals surface area contributed by atoms with Crippen molar-refractivity contribution in [2.24, 2.45) is 0 Å². The number of fused-ring (bicyclic) bond motifs is 2. The Kier molecular flexibility index (Phi) is 4.64. The Morgan fingerprint density at radius 3 is 2.54 bits per heavy atom. The first-order valence-electron chi connectivity index (χ1n) is 8.56. The van der Waals surface area contributed by atoms with E-state index in [1.165, 1.54) is 11.4 Å². The molecule has 8 heteroatoms. The maximum atomic E-state index is 13.2. The zero-order valence-electron chi connectivity index (χ0n) is 15.3. The quantitative estimate of drug-likeness (QED) is 0.640. The van der Waals surface area contributed by atoms with Gasteiger partial charge in [0, 0.05) is 24.8 Å². The second-order valence-electron chi connectivity index (χ2n) is 6.36. The first-order chi connectivity index (χ1) is 13.4. The fraction of sp³-hybridized carbons (Fsp3) is 0.150. The van der Waals surface area contributed by atoms with Gasteiger partial charge in [0.1, 0.15) is 10.6 Å². The van der Waals surface area contributed by atoms with Crippen LogP contribution in [-0.2, 0) is 16.6 Å². The average molecular weight is 416 g/mol. The minimum Gasteiger partial charge on any atom is -0.497 e. The largest absolute Gasteiger partial charge is 0.497 e. The molecule has 0 atom stereocenters. The molecule has 2 aromatic carbocycles. The Labute approximate surface area is 169 Å². The molecule has 0 saturated carbocycles. The van der Waals surface area contributed by atoms with Crippen molar-refractivity contribution < 1.29 is 13.2 Å². The molecule has 0 bridgehead atoms. The van der Waals surface area contributed by atoms with Crippen LogP contribution in [-0.4, -0.2) is 27.6 Å². The molecule has 1 aromatic heterocycles. The van der Waals surface area contributed by atoms with Crippen LogP contribution < -0.4 is 13.9 Å². The summed E-state index contributed by atoms with van der Waals surface area (Å²) >= 11 is 6.17. The molecule has 0 fully saturated rings. The fourth-order valence-electron chi connectivity index (χ4n) is 3.23. The van der Waals surface area contributed by atoms with Gasteiger partial charge < -0.3 is 9.64 Å². The Bertz CT molecular complexity index is 1130. The first kappa shape index (κ1) is 18.6. The molecule has 0 aliphatic carbocycles. The van der Waals surface area contributed by atoms with Crippen LogP contribution in [0.15, 0.2) is 65.7 Å². The second kappa shape index (κ2) is 7.00. The summed E-state index contributed by atoms with van der Waals surface area (Å²) < 4.78 is 32.8. The van der Waals surface area contributed by atoms with Crippen LogP contribution in [0.1, 0.15) is 5.56 Å². The SMILES string of the molecule is COc1ccc(CN2c3ccc(Cl)cc3N(C)S(=O)(=O)c3cccnc32)cc1. The van der Waals surface area contributed by atoms with Gasteiger partial charge in [-0.25, -0.2) is 13.4 Å². The predicted molar refractivity (Wildman–Crippen MR) is 110 cm³/mol. The molecule has 0 amide bonds. The summed E-state index contributed by atoms with van der Waals surface area (Å²) in [7, 11) is -0.631. The zero-order chi connectivity index (χ0) is 19.9. The first-order valence-corrected chi connectivity index (χ1v) is 10.4. The van der Waals surface area contributed by atoms with Gasteiger partial charge in [0.25, 0.3) is 10.0 Å². The van der Waals surface area contributed by atoms with E-state index in [1.54, 1.807) is 37.6 Å². The number of hydrogen-bond donors (Lipinski definition) is 0. The van der Waals surface area contributed by atoms with E-state index in [1.807, 2.05) is 35.2 Å². The Morgan fingerprint density at radius 2 is 1.82 bits per heavy atom. The summed E-state index contributed by atoms with van der Waals surface area (Å²) in [6, 6.07) is 16.0. The molecule has 0 radical (unpaired) electrons. The van der Waals surface area contributed by atoms with Crippen molar-refractivity contribution in [1.29, 1.82) is 0 Å². The highest BCUT2D eigenvalue weighted by Crippen LogP contribution is 2.44. The van der Waals surface area contributed by atoms with Crippen molar-refractivity contribution in [2.45, 2.75) is 11.4 Å². The van der Waals surface area contributed by atoms with Gasteiger partial charge in [-0.3, -0.25) is 4.31 Å². The van der Waals surface area contributed by atoms with Crippen LogP contribution in [0.4, 0.5) is 17.2 Å². The highest BCUT2D eigenvalue weighted by Gasteiger charge is 2.34. The summed E-state index contributed by atoms with van der Waals surface area (Å²) in [5.41, 5.74) is 2.20. The number of aromatic nitrogens is 1. The lowest BCUT2D eigenvalue weighted by molar-refractivity contribution is 0.414. The van der Waals surface area contributed by atoms with Crippen molar-refractivity contribution in [3.8, 4) is 5.75 Å². The van der Waals surface area contributed by atoms with E-state index in [0.29, 0.717) is 28.8 Å². The summed E-state index contributed by atoms with van der Waals surface area (Å²) in [5, 5.41) is 0.462. The molecule has 0 spiro atoms. The molecule has 1 aliphatic rings. The third-order valence-electron chi connectivity index (χ3n) is 4.71. The van der Waals surface area contributed by atoms with Gasteiger partial charge in [-0.05, 0) is 48.0 Å². The normalized spacial score (nSPS) is 14.8. The van der Waals surface area contributed by atoms with E-state index in [2.05, 4.69) is 4.98 Å². The topological polar surface area (TPSA) is 62.7 Å². The number of sulfonamides is 1. The molecule has 6 nitrogen and oxygen atoms in total. The van der Waals surface area contributed by atoms with Gasteiger partial charge in [-0.15, -0.1) is 0 Å². The molecule has 4 rings (SSSR count). The summed E-state index contributed by atoms with van der Waals surface area (Å²) in [6.07, 6.45) is 1.59. The third kappa shape index (κ3) is 3.06. The lowest BCUT2D eigenvalue weighted by atomic mass is 10.1. The third-order valence-corrected chi connectivity index (χ3v) is 6.74. The van der Waals surface area contributed by atoms with Crippen molar-refractivity contribution >= 4 is 38.8 Å². The molecule has 3 aromatic rings. The van der Waals surface area contributed by atoms with E-state index in [-0.39, 0.29) is 4.90 Å². The average Bonchev–Trinajstić information content (AvgIpc) is 2.77. The smallest absolute Gasteiger partial charge is 0.267 e. The van der Waals surface area contributed by atoms with Gasteiger partial charge in [0.15, 0.2) is 5.82 Å². The Hall–Kier alpha value is -2.77. The van der Waals surface area contributed by atoms with Crippen molar-refractivity contribution in [3.63, 3.8) is 0 Å². The summed E-state index contributed by atoms with van der Waals surface area (Å²) in [5.74, 6) is 1.14. The van der Waals surface area contributed by atoms with Gasteiger partial charge in [0.05, 0.1) is 18.5 Å². The zero-order valence-corrected chi connectivity index (χ0v) is 16.9. The van der Waals surface area contributed by atoms with Crippen LogP contribution in [0.5, 0.6) is 5.75 Å². The summed E-state index contributed by atoms with van der Waals surface area (Å²) in [4.78, 5) is 6.45.